The molecule has 2 unspecified atom stereocenters. The lowest BCUT2D eigenvalue weighted by molar-refractivity contribution is 0.152. The number of nitrogens with two attached hydrogens (primary N) is 1. The van der Waals surface area contributed by atoms with Gasteiger partial charge < -0.3 is 20.7 Å². The minimum absolute atomic E-state index is 0.285. The van der Waals surface area contributed by atoms with Gasteiger partial charge in [-0.1, -0.05) is 19.1 Å². The molecule has 0 aromatic heterocycles. The van der Waals surface area contributed by atoms with Crippen LogP contribution in [0.25, 0.3) is 0 Å². The van der Waals surface area contributed by atoms with Gasteiger partial charge in [0.25, 0.3) is 0 Å². The summed E-state index contributed by atoms with van der Waals surface area (Å²) in [5.41, 5.74) is 8.38. The minimum atomic E-state index is 0.285. The molecule has 1 aliphatic heterocycles. The van der Waals surface area contributed by atoms with Crippen molar-refractivity contribution in [1.29, 1.82) is 0 Å². The summed E-state index contributed by atoms with van der Waals surface area (Å²) in [5.74, 6) is 0.453. The minimum Gasteiger partial charge on any atom is -0.380 e. The van der Waals surface area contributed by atoms with Crippen molar-refractivity contribution >= 4 is 11.4 Å². The molecule has 0 bridgehead atoms. The monoisotopic (exact) mass is 263 g/mol. The molecule has 4 heteroatoms. The highest BCUT2D eigenvalue weighted by atomic mass is 16.5. The van der Waals surface area contributed by atoms with Crippen LogP contribution in [0, 0.1) is 5.92 Å². The Morgan fingerprint density at radius 3 is 2.84 bits per heavy atom. The second kappa shape index (κ2) is 6.78. The maximum absolute atomic E-state index is 5.92. The molecule has 0 saturated carbocycles. The van der Waals surface area contributed by atoms with Gasteiger partial charge in [0.2, 0.25) is 0 Å². The van der Waals surface area contributed by atoms with Crippen LogP contribution in [-0.2, 0) is 4.74 Å². The van der Waals surface area contributed by atoms with Crippen molar-refractivity contribution in [2.45, 2.75) is 26.4 Å². The fourth-order valence-corrected chi connectivity index (χ4v) is 2.69. The van der Waals surface area contributed by atoms with E-state index in [2.05, 4.69) is 41.4 Å². The first-order chi connectivity index (χ1) is 9.31. The van der Waals surface area contributed by atoms with Crippen LogP contribution >= 0.6 is 0 Å². The zero-order valence-corrected chi connectivity index (χ0v) is 11.9. The van der Waals surface area contributed by atoms with Crippen molar-refractivity contribution in [3.8, 4) is 0 Å². The molecular formula is C15H25N3O. The molecule has 1 aromatic carbocycles. The van der Waals surface area contributed by atoms with Crippen molar-refractivity contribution in [2.24, 2.45) is 11.7 Å². The van der Waals surface area contributed by atoms with Gasteiger partial charge in [-0.2, -0.15) is 0 Å². The van der Waals surface area contributed by atoms with E-state index in [4.69, 9.17) is 10.5 Å². The molecule has 2 rings (SSSR count). The summed E-state index contributed by atoms with van der Waals surface area (Å²) < 4.78 is 5.51. The Morgan fingerprint density at radius 1 is 1.37 bits per heavy atom. The SMILES string of the molecule is CCOCCN1c2ccccc2NC1C(CC)CN. The van der Waals surface area contributed by atoms with E-state index in [1.807, 2.05) is 6.92 Å². The summed E-state index contributed by atoms with van der Waals surface area (Å²) in [7, 11) is 0. The summed E-state index contributed by atoms with van der Waals surface area (Å²) >= 11 is 0. The standard InChI is InChI=1S/C15H25N3O/c1-3-12(11-16)15-17-13-7-5-6-8-14(13)18(15)9-10-19-4-2/h5-8,12,15,17H,3-4,9-11,16H2,1-2H3. The van der Waals surface area contributed by atoms with Crippen LogP contribution in [0.3, 0.4) is 0 Å². The van der Waals surface area contributed by atoms with E-state index in [0.29, 0.717) is 12.5 Å². The van der Waals surface area contributed by atoms with Gasteiger partial charge in [-0.25, -0.2) is 0 Å². The highest BCUT2D eigenvalue weighted by Gasteiger charge is 2.32. The van der Waals surface area contributed by atoms with Gasteiger partial charge in [-0.05, 0) is 32.0 Å². The number of nitrogens with zero attached hydrogens (tertiary/aromatic N) is 1. The Balaban J connectivity index is 2.15. The quantitative estimate of drug-likeness (QED) is 0.741. The molecular weight excluding hydrogens is 238 g/mol. The number of nitrogens with one attached hydrogen (secondary N) is 1. The van der Waals surface area contributed by atoms with E-state index in [1.54, 1.807) is 0 Å². The van der Waals surface area contributed by atoms with E-state index in [9.17, 15) is 0 Å². The summed E-state index contributed by atoms with van der Waals surface area (Å²) in [6, 6.07) is 8.45. The predicted octanol–water partition coefficient (Wildman–Crippen LogP) is 2.27. The van der Waals surface area contributed by atoms with E-state index in [0.717, 1.165) is 26.2 Å². The molecule has 2 atom stereocenters. The average molecular weight is 263 g/mol. The lowest BCUT2D eigenvalue weighted by Gasteiger charge is -2.32. The first-order valence-electron chi connectivity index (χ1n) is 7.21. The van der Waals surface area contributed by atoms with Crippen LogP contribution in [0.5, 0.6) is 0 Å². The number of benzene rings is 1. The molecule has 0 fully saturated rings. The molecule has 0 radical (unpaired) electrons. The third-order valence-electron chi connectivity index (χ3n) is 3.81. The number of hydrogen-bond donors (Lipinski definition) is 2. The number of hydrogen-bond acceptors (Lipinski definition) is 4. The Bertz CT molecular complexity index is 393. The maximum atomic E-state index is 5.92. The highest BCUT2D eigenvalue weighted by Crippen LogP contribution is 2.36. The lowest BCUT2D eigenvalue weighted by Crippen LogP contribution is -2.45. The van der Waals surface area contributed by atoms with E-state index in [-0.39, 0.29) is 6.17 Å². The first-order valence-corrected chi connectivity index (χ1v) is 7.21. The van der Waals surface area contributed by atoms with Crippen LogP contribution in [0.15, 0.2) is 24.3 Å². The van der Waals surface area contributed by atoms with Crippen LogP contribution in [0.4, 0.5) is 11.4 Å². The van der Waals surface area contributed by atoms with Gasteiger partial charge in [0, 0.05) is 19.1 Å². The second-order valence-electron chi connectivity index (χ2n) is 4.90. The Labute approximate surface area is 115 Å². The van der Waals surface area contributed by atoms with Crippen molar-refractivity contribution in [2.75, 3.05) is 36.5 Å². The van der Waals surface area contributed by atoms with Gasteiger partial charge >= 0.3 is 0 Å². The molecule has 3 N–H and O–H groups in total. The predicted molar refractivity (Wildman–Crippen MR) is 80.5 cm³/mol. The zero-order valence-electron chi connectivity index (χ0n) is 11.9. The fourth-order valence-electron chi connectivity index (χ4n) is 2.69. The van der Waals surface area contributed by atoms with E-state index < -0.39 is 0 Å². The fraction of sp³-hybridized carbons (Fsp3) is 0.600. The van der Waals surface area contributed by atoms with Crippen molar-refractivity contribution in [1.82, 2.24) is 0 Å². The Morgan fingerprint density at radius 2 is 2.16 bits per heavy atom. The van der Waals surface area contributed by atoms with Gasteiger partial charge in [-0.15, -0.1) is 0 Å². The molecule has 19 heavy (non-hydrogen) atoms. The number of rotatable bonds is 7. The number of para-hydroxylation sites is 2. The molecule has 106 valence electrons. The first kappa shape index (κ1) is 14.2. The lowest BCUT2D eigenvalue weighted by atomic mass is 10.0. The van der Waals surface area contributed by atoms with Gasteiger partial charge in [0.1, 0.15) is 6.17 Å². The van der Waals surface area contributed by atoms with Crippen LogP contribution in [-0.4, -0.2) is 32.5 Å². The second-order valence-corrected chi connectivity index (χ2v) is 4.90. The Hall–Kier alpha value is -1.26. The Kier molecular flexibility index (Phi) is 5.05. The molecule has 0 amide bonds. The molecule has 1 aliphatic rings. The molecule has 1 aromatic rings. The number of fused-ring (bicyclic) bond motifs is 1. The van der Waals surface area contributed by atoms with Gasteiger partial charge in [0.05, 0.1) is 18.0 Å². The molecule has 0 spiro atoms. The summed E-state index contributed by atoms with van der Waals surface area (Å²) in [4.78, 5) is 2.39. The molecule has 0 aliphatic carbocycles. The number of ether oxygens (including phenoxy) is 1. The maximum Gasteiger partial charge on any atom is 0.103 e. The molecule has 1 heterocycles. The zero-order chi connectivity index (χ0) is 13.7. The van der Waals surface area contributed by atoms with Crippen molar-refractivity contribution < 1.29 is 4.74 Å². The van der Waals surface area contributed by atoms with Crippen molar-refractivity contribution in [3.05, 3.63) is 24.3 Å². The summed E-state index contributed by atoms with van der Waals surface area (Å²) in [6.45, 7) is 7.35. The smallest absolute Gasteiger partial charge is 0.103 e. The van der Waals surface area contributed by atoms with E-state index >= 15 is 0 Å². The topological polar surface area (TPSA) is 50.5 Å². The van der Waals surface area contributed by atoms with Gasteiger partial charge in [-0.3, -0.25) is 0 Å². The molecule has 4 nitrogen and oxygen atoms in total. The third-order valence-corrected chi connectivity index (χ3v) is 3.81. The van der Waals surface area contributed by atoms with Crippen LogP contribution in [0.2, 0.25) is 0 Å². The van der Waals surface area contributed by atoms with E-state index in [1.165, 1.54) is 11.4 Å². The average Bonchev–Trinajstić information content (AvgIpc) is 2.80. The summed E-state index contributed by atoms with van der Waals surface area (Å²) in [5, 5.41) is 3.60. The molecule has 0 saturated heterocycles. The highest BCUT2D eigenvalue weighted by molar-refractivity contribution is 5.76. The van der Waals surface area contributed by atoms with Gasteiger partial charge in [0.15, 0.2) is 0 Å². The van der Waals surface area contributed by atoms with Crippen LogP contribution < -0.4 is 16.0 Å². The summed E-state index contributed by atoms with van der Waals surface area (Å²) in [6.07, 6.45) is 1.36. The third kappa shape index (κ3) is 3.01. The normalized spacial score (nSPS) is 19.1. The largest absolute Gasteiger partial charge is 0.380 e. The van der Waals surface area contributed by atoms with Crippen LogP contribution in [0.1, 0.15) is 20.3 Å². The number of anilines is 2. The van der Waals surface area contributed by atoms with Crippen molar-refractivity contribution in [3.63, 3.8) is 0 Å².